The first-order valence-corrected chi connectivity index (χ1v) is 12.1. The van der Waals surface area contributed by atoms with E-state index in [-0.39, 0.29) is 24.1 Å². The fraction of sp³-hybridized carbons (Fsp3) is 0.185. The number of ether oxygens (including phenoxy) is 1. The normalized spacial score (nSPS) is 12.4. The van der Waals surface area contributed by atoms with Crippen LogP contribution in [0, 0.1) is 0 Å². The van der Waals surface area contributed by atoms with Gasteiger partial charge in [-0.25, -0.2) is 0 Å². The number of esters is 1. The van der Waals surface area contributed by atoms with Crippen molar-refractivity contribution in [1.82, 2.24) is 4.90 Å². The molecule has 0 unspecified atom stereocenters. The van der Waals surface area contributed by atoms with Crippen molar-refractivity contribution in [1.29, 1.82) is 0 Å². The lowest BCUT2D eigenvalue weighted by Crippen LogP contribution is -2.30. The second kappa shape index (κ2) is 11.4. The Morgan fingerprint density at radius 3 is 2.17 bits per heavy atom. The molecule has 0 radical (unpaired) electrons. The minimum atomic E-state index is -0.404. The van der Waals surface area contributed by atoms with Crippen molar-refractivity contribution in [2.45, 2.75) is 25.7 Å². The number of unbranched alkanes of at least 4 members (excludes halogenated alkanes) is 2. The first-order valence-electron chi connectivity index (χ1n) is 11.4. The molecule has 0 atom stereocenters. The number of imide groups is 1. The Morgan fingerprint density at radius 1 is 0.833 bits per heavy atom. The molecule has 9 heteroatoms. The van der Waals surface area contributed by atoms with E-state index in [4.69, 9.17) is 27.9 Å². The molecular weight excluding hydrogens is 503 g/mol. The predicted octanol–water partition coefficient (Wildman–Crippen LogP) is 6.01. The van der Waals surface area contributed by atoms with Gasteiger partial charge in [0.2, 0.25) is 0 Å². The highest BCUT2D eigenvalue weighted by atomic mass is 35.5. The number of amides is 3. The Labute approximate surface area is 218 Å². The molecular formula is C27H22Cl2N2O5. The smallest absolute Gasteiger partial charge is 0.311 e. The summed E-state index contributed by atoms with van der Waals surface area (Å²) in [6.45, 7) is 0.311. The summed E-state index contributed by atoms with van der Waals surface area (Å²) in [6, 6.07) is 17.7. The van der Waals surface area contributed by atoms with Crippen LogP contribution in [0.25, 0.3) is 0 Å². The monoisotopic (exact) mass is 524 g/mol. The molecule has 0 spiro atoms. The minimum Gasteiger partial charge on any atom is -0.427 e. The Morgan fingerprint density at radius 2 is 1.50 bits per heavy atom. The zero-order valence-electron chi connectivity index (χ0n) is 19.1. The number of benzene rings is 3. The van der Waals surface area contributed by atoms with Gasteiger partial charge in [0.15, 0.2) is 0 Å². The second-order valence-electron chi connectivity index (χ2n) is 8.19. The molecule has 0 aliphatic carbocycles. The quantitative estimate of drug-likeness (QED) is 0.160. The van der Waals surface area contributed by atoms with Gasteiger partial charge in [-0.05, 0) is 67.4 Å². The van der Waals surface area contributed by atoms with E-state index in [1.165, 1.54) is 17.0 Å². The zero-order chi connectivity index (χ0) is 25.7. The van der Waals surface area contributed by atoms with Crippen molar-refractivity contribution in [3.8, 4) is 5.75 Å². The molecule has 1 aliphatic heterocycles. The predicted molar refractivity (Wildman–Crippen MR) is 137 cm³/mol. The molecule has 3 aromatic carbocycles. The van der Waals surface area contributed by atoms with Crippen molar-refractivity contribution in [3.05, 3.63) is 93.5 Å². The molecule has 7 nitrogen and oxygen atoms in total. The van der Waals surface area contributed by atoms with Gasteiger partial charge in [-0.3, -0.25) is 24.1 Å². The third kappa shape index (κ3) is 5.93. The van der Waals surface area contributed by atoms with Gasteiger partial charge in [-0.15, -0.1) is 0 Å². The number of rotatable bonds is 9. The number of nitrogens with one attached hydrogen (secondary N) is 1. The third-order valence-electron chi connectivity index (χ3n) is 5.67. The summed E-state index contributed by atoms with van der Waals surface area (Å²) < 4.78 is 5.33. The summed E-state index contributed by atoms with van der Waals surface area (Å²) in [5, 5.41) is 3.50. The zero-order valence-corrected chi connectivity index (χ0v) is 20.6. The van der Waals surface area contributed by atoms with E-state index >= 15 is 0 Å². The molecule has 1 aliphatic rings. The van der Waals surface area contributed by atoms with E-state index in [0.717, 1.165) is 0 Å². The Hall–Kier alpha value is -3.68. The molecule has 0 saturated carbocycles. The molecule has 3 amide bonds. The maximum absolute atomic E-state index is 12.4. The maximum Gasteiger partial charge on any atom is 0.311 e. The van der Waals surface area contributed by atoms with Crippen molar-refractivity contribution in [2.24, 2.45) is 0 Å². The molecule has 184 valence electrons. The minimum absolute atomic E-state index is 0.192. The third-order valence-corrected chi connectivity index (χ3v) is 6.23. The van der Waals surface area contributed by atoms with Gasteiger partial charge in [0.1, 0.15) is 5.75 Å². The Balaban J connectivity index is 1.18. The number of halogens is 2. The summed E-state index contributed by atoms with van der Waals surface area (Å²) >= 11 is 12.0. The lowest BCUT2D eigenvalue weighted by Gasteiger charge is -2.13. The second-order valence-corrected chi connectivity index (χ2v) is 9.04. The van der Waals surface area contributed by atoms with Crippen molar-refractivity contribution >= 4 is 52.6 Å². The molecule has 4 rings (SSSR count). The highest BCUT2D eigenvalue weighted by Gasteiger charge is 2.34. The van der Waals surface area contributed by atoms with Crippen LogP contribution < -0.4 is 10.1 Å². The van der Waals surface area contributed by atoms with Crippen LogP contribution in [0.2, 0.25) is 10.0 Å². The number of hydrogen-bond donors (Lipinski definition) is 1. The SMILES string of the molecule is O=C(CCCCCN1C(=O)c2ccccc2C1=O)Oc1ccc(C(=O)Nc2cc(Cl)ccc2Cl)cc1. The summed E-state index contributed by atoms with van der Waals surface area (Å²) in [6.07, 6.45) is 2.01. The number of carbonyl (C=O) groups is 4. The Bertz CT molecular complexity index is 1290. The first kappa shape index (κ1) is 25.4. The van der Waals surface area contributed by atoms with Gasteiger partial charge in [0.05, 0.1) is 21.8 Å². The molecule has 0 bridgehead atoms. The van der Waals surface area contributed by atoms with E-state index in [0.29, 0.717) is 64.0 Å². The van der Waals surface area contributed by atoms with Crippen LogP contribution in [-0.4, -0.2) is 35.1 Å². The molecule has 36 heavy (non-hydrogen) atoms. The van der Waals surface area contributed by atoms with Crippen LogP contribution >= 0.6 is 23.2 Å². The van der Waals surface area contributed by atoms with E-state index < -0.39 is 5.97 Å². The van der Waals surface area contributed by atoms with Gasteiger partial charge >= 0.3 is 5.97 Å². The summed E-state index contributed by atoms with van der Waals surface area (Å²) in [7, 11) is 0. The molecule has 0 fully saturated rings. The number of fused-ring (bicyclic) bond motifs is 1. The number of carbonyl (C=O) groups excluding carboxylic acids is 4. The van der Waals surface area contributed by atoms with E-state index in [1.54, 1.807) is 54.6 Å². The molecule has 0 saturated heterocycles. The summed E-state index contributed by atoms with van der Waals surface area (Å²) in [4.78, 5) is 50.6. The standard InChI is InChI=1S/C27H22Cl2N2O5/c28-18-11-14-22(29)23(16-18)30-25(33)17-9-12-19(13-10-17)36-24(32)8-2-1-5-15-31-26(34)20-6-3-4-7-21(20)27(31)35/h3-4,6-7,9-14,16H,1-2,5,8,15H2,(H,30,33). The van der Waals surface area contributed by atoms with Gasteiger partial charge in [-0.1, -0.05) is 41.8 Å². The van der Waals surface area contributed by atoms with Gasteiger partial charge in [0, 0.05) is 23.6 Å². The number of nitrogens with zero attached hydrogens (tertiary/aromatic N) is 1. The van der Waals surface area contributed by atoms with Crippen LogP contribution in [0.1, 0.15) is 56.8 Å². The fourth-order valence-electron chi connectivity index (χ4n) is 3.80. The summed E-state index contributed by atoms with van der Waals surface area (Å²) in [5.74, 6) is -1.01. The summed E-state index contributed by atoms with van der Waals surface area (Å²) in [5.41, 5.74) is 1.62. The highest BCUT2D eigenvalue weighted by molar-refractivity contribution is 6.35. The van der Waals surface area contributed by atoms with Gasteiger partial charge in [-0.2, -0.15) is 0 Å². The van der Waals surface area contributed by atoms with Crippen molar-refractivity contribution in [3.63, 3.8) is 0 Å². The molecule has 0 aromatic heterocycles. The van der Waals surface area contributed by atoms with Crippen LogP contribution in [0.4, 0.5) is 5.69 Å². The van der Waals surface area contributed by atoms with Crippen LogP contribution in [0.3, 0.4) is 0 Å². The number of hydrogen-bond acceptors (Lipinski definition) is 5. The van der Waals surface area contributed by atoms with Crippen LogP contribution in [0.15, 0.2) is 66.7 Å². The van der Waals surface area contributed by atoms with E-state index in [2.05, 4.69) is 5.32 Å². The van der Waals surface area contributed by atoms with E-state index in [1.807, 2.05) is 0 Å². The van der Waals surface area contributed by atoms with Crippen LogP contribution in [-0.2, 0) is 4.79 Å². The average molecular weight is 525 g/mol. The maximum atomic E-state index is 12.4. The van der Waals surface area contributed by atoms with Crippen molar-refractivity contribution < 1.29 is 23.9 Å². The fourth-order valence-corrected chi connectivity index (χ4v) is 4.14. The molecule has 1 N–H and O–H groups in total. The van der Waals surface area contributed by atoms with Crippen molar-refractivity contribution in [2.75, 3.05) is 11.9 Å². The highest BCUT2D eigenvalue weighted by Crippen LogP contribution is 2.26. The number of anilines is 1. The lowest BCUT2D eigenvalue weighted by atomic mass is 10.1. The van der Waals surface area contributed by atoms with Gasteiger partial charge < -0.3 is 10.1 Å². The average Bonchev–Trinajstić information content (AvgIpc) is 3.11. The molecule has 3 aromatic rings. The first-order chi connectivity index (χ1) is 17.3. The van der Waals surface area contributed by atoms with Gasteiger partial charge in [0.25, 0.3) is 17.7 Å². The topological polar surface area (TPSA) is 92.8 Å². The largest absolute Gasteiger partial charge is 0.427 e. The van der Waals surface area contributed by atoms with E-state index in [9.17, 15) is 19.2 Å². The molecule has 1 heterocycles. The lowest BCUT2D eigenvalue weighted by molar-refractivity contribution is -0.134. The Kier molecular flexibility index (Phi) is 8.03. The van der Waals surface area contributed by atoms with Crippen LogP contribution in [0.5, 0.6) is 5.75 Å².